The minimum absolute atomic E-state index is 0.118. The van der Waals surface area contributed by atoms with Gasteiger partial charge >= 0.3 is 5.97 Å². The van der Waals surface area contributed by atoms with Crippen molar-refractivity contribution in [2.24, 2.45) is 0 Å². The van der Waals surface area contributed by atoms with Crippen molar-refractivity contribution < 1.29 is 18.7 Å². The lowest BCUT2D eigenvalue weighted by molar-refractivity contribution is 0.0526. The number of rotatable bonds is 4. The van der Waals surface area contributed by atoms with E-state index in [9.17, 15) is 14.0 Å². The van der Waals surface area contributed by atoms with Crippen LogP contribution in [0.1, 0.15) is 27.2 Å². The number of hydrogen-bond donors (Lipinski definition) is 0. The molecule has 1 aromatic carbocycles. The Kier molecular flexibility index (Phi) is 4.64. The highest BCUT2D eigenvalue weighted by molar-refractivity contribution is 7.11. The average molecular weight is 308 g/mol. The first-order valence-corrected chi connectivity index (χ1v) is 7.07. The Morgan fingerprint density at radius 2 is 2.19 bits per heavy atom. The Labute approximate surface area is 125 Å². The molecule has 0 fully saturated rings. The smallest absolute Gasteiger partial charge is 0.367 e. The summed E-state index contributed by atoms with van der Waals surface area (Å²) in [5.74, 6) is -1.42. The number of benzene rings is 1. The monoisotopic (exact) mass is 308 g/mol. The first kappa shape index (κ1) is 15.1. The predicted octanol–water partition coefficient (Wildman–Crippen LogP) is 2.74. The second-order valence-corrected chi connectivity index (χ2v) is 4.96. The van der Waals surface area contributed by atoms with Crippen LogP contribution in [0.4, 0.5) is 10.1 Å². The van der Waals surface area contributed by atoms with Crippen LogP contribution in [0.15, 0.2) is 29.6 Å². The average Bonchev–Trinajstić information content (AvgIpc) is 2.96. The molecule has 0 aliphatic heterocycles. The third-order valence-corrected chi connectivity index (χ3v) is 3.50. The zero-order valence-corrected chi connectivity index (χ0v) is 12.3. The van der Waals surface area contributed by atoms with E-state index in [-0.39, 0.29) is 17.3 Å². The number of aromatic nitrogens is 1. The normalized spacial score (nSPS) is 10.2. The lowest BCUT2D eigenvalue weighted by Crippen LogP contribution is -2.26. The van der Waals surface area contributed by atoms with E-state index in [2.05, 4.69) is 4.98 Å². The molecule has 0 bridgehead atoms. The molecule has 0 spiro atoms. The number of carbonyl (C=O) groups is 2. The third-order valence-electron chi connectivity index (χ3n) is 2.67. The highest BCUT2D eigenvalue weighted by Crippen LogP contribution is 2.18. The molecule has 0 unspecified atom stereocenters. The summed E-state index contributed by atoms with van der Waals surface area (Å²) >= 11 is 1.03. The van der Waals surface area contributed by atoms with E-state index in [0.29, 0.717) is 5.69 Å². The van der Waals surface area contributed by atoms with Gasteiger partial charge in [-0.2, -0.15) is 0 Å². The zero-order chi connectivity index (χ0) is 15.4. The summed E-state index contributed by atoms with van der Waals surface area (Å²) in [5.41, 5.74) is 0.528. The predicted molar refractivity (Wildman–Crippen MR) is 77.2 cm³/mol. The highest BCUT2D eigenvalue weighted by atomic mass is 32.1. The molecule has 5 nitrogen and oxygen atoms in total. The molecular formula is C14H13FN2O3S. The Morgan fingerprint density at radius 1 is 1.43 bits per heavy atom. The summed E-state index contributed by atoms with van der Waals surface area (Å²) in [6, 6.07) is 5.67. The number of thiazole rings is 1. The second kappa shape index (κ2) is 6.45. The van der Waals surface area contributed by atoms with Gasteiger partial charge in [0.05, 0.1) is 6.61 Å². The van der Waals surface area contributed by atoms with Crippen LogP contribution >= 0.6 is 11.3 Å². The molecule has 2 rings (SSSR count). The molecule has 7 heteroatoms. The van der Waals surface area contributed by atoms with Crippen molar-refractivity contribution in [2.45, 2.75) is 6.92 Å². The SMILES string of the molecule is CCOC(=O)c1nc(C(=O)N(C)c2cccc(F)c2)cs1. The van der Waals surface area contributed by atoms with Crippen molar-refractivity contribution >= 4 is 28.9 Å². The number of amides is 1. The maximum Gasteiger partial charge on any atom is 0.367 e. The van der Waals surface area contributed by atoms with Crippen LogP contribution in [-0.4, -0.2) is 30.5 Å². The zero-order valence-electron chi connectivity index (χ0n) is 11.5. The van der Waals surface area contributed by atoms with Gasteiger partial charge in [0.2, 0.25) is 5.01 Å². The molecule has 0 atom stereocenters. The maximum absolute atomic E-state index is 13.2. The van der Waals surface area contributed by atoms with E-state index in [1.807, 2.05) is 0 Å². The standard InChI is InChI=1S/C14H13FN2O3S/c1-3-20-14(19)12-16-11(8-21-12)13(18)17(2)10-6-4-5-9(15)7-10/h4-8H,3H2,1-2H3. The van der Waals surface area contributed by atoms with Gasteiger partial charge in [-0.05, 0) is 25.1 Å². The van der Waals surface area contributed by atoms with Gasteiger partial charge in [-0.1, -0.05) is 6.07 Å². The fourth-order valence-corrected chi connectivity index (χ4v) is 2.32. The first-order chi connectivity index (χ1) is 10.0. The minimum atomic E-state index is -0.560. The number of ether oxygens (including phenoxy) is 1. The van der Waals surface area contributed by atoms with Crippen LogP contribution in [0.5, 0.6) is 0 Å². The molecule has 1 amide bonds. The Balaban J connectivity index is 2.18. The number of nitrogens with zero attached hydrogens (tertiary/aromatic N) is 2. The summed E-state index contributed by atoms with van der Waals surface area (Å²) < 4.78 is 18.0. The van der Waals surface area contributed by atoms with Crippen molar-refractivity contribution in [2.75, 3.05) is 18.6 Å². The van der Waals surface area contributed by atoms with Gasteiger partial charge < -0.3 is 9.64 Å². The van der Waals surface area contributed by atoms with E-state index in [1.54, 1.807) is 13.0 Å². The van der Waals surface area contributed by atoms with Crippen molar-refractivity contribution in [3.63, 3.8) is 0 Å². The fraction of sp³-hybridized carbons (Fsp3) is 0.214. The number of esters is 1. The van der Waals surface area contributed by atoms with Crippen molar-refractivity contribution in [1.29, 1.82) is 0 Å². The molecule has 0 aliphatic carbocycles. The van der Waals surface area contributed by atoms with E-state index in [1.165, 1.54) is 35.5 Å². The van der Waals surface area contributed by atoms with Gasteiger partial charge in [-0.15, -0.1) is 11.3 Å². The fourth-order valence-electron chi connectivity index (χ4n) is 1.63. The van der Waals surface area contributed by atoms with Gasteiger partial charge in [0, 0.05) is 18.1 Å². The van der Waals surface area contributed by atoms with Crippen LogP contribution in [0.3, 0.4) is 0 Å². The van der Waals surface area contributed by atoms with Crippen molar-refractivity contribution in [1.82, 2.24) is 4.98 Å². The van der Waals surface area contributed by atoms with Crippen LogP contribution in [-0.2, 0) is 4.74 Å². The molecule has 2 aromatic rings. The second-order valence-electron chi connectivity index (χ2n) is 4.10. The van der Waals surface area contributed by atoms with Gasteiger partial charge in [0.25, 0.3) is 5.91 Å². The Morgan fingerprint density at radius 3 is 2.86 bits per heavy atom. The number of halogens is 1. The van der Waals surface area contributed by atoms with Gasteiger partial charge in [0.1, 0.15) is 11.5 Å². The quantitative estimate of drug-likeness (QED) is 0.815. The van der Waals surface area contributed by atoms with Crippen molar-refractivity contribution in [3.8, 4) is 0 Å². The van der Waals surface area contributed by atoms with Gasteiger partial charge in [-0.25, -0.2) is 14.2 Å². The highest BCUT2D eigenvalue weighted by Gasteiger charge is 2.20. The summed E-state index contributed by atoms with van der Waals surface area (Å²) in [4.78, 5) is 29.0. The number of hydrogen-bond acceptors (Lipinski definition) is 5. The molecular weight excluding hydrogens is 295 g/mol. The van der Waals surface area contributed by atoms with Crippen LogP contribution < -0.4 is 4.90 Å². The summed E-state index contributed by atoms with van der Waals surface area (Å²) in [5, 5.41) is 1.59. The Bertz CT molecular complexity index is 672. The molecule has 1 heterocycles. The first-order valence-electron chi connectivity index (χ1n) is 6.19. The molecule has 0 saturated heterocycles. The van der Waals surface area contributed by atoms with Gasteiger partial charge in [-0.3, -0.25) is 4.79 Å². The van der Waals surface area contributed by atoms with E-state index in [4.69, 9.17) is 4.74 Å². The number of carbonyl (C=O) groups excluding carboxylic acids is 2. The van der Waals surface area contributed by atoms with Gasteiger partial charge in [0.15, 0.2) is 0 Å². The lowest BCUT2D eigenvalue weighted by Gasteiger charge is -2.15. The van der Waals surface area contributed by atoms with Crippen LogP contribution in [0, 0.1) is 5.82 Å². The Hall–Kier alpha value is -2.28. The topological polar surface area (TPSA) is 59.5 Å². The molecule has 1 aromatic heterocycles. The summed E-state index contributed by atoms with van der Waals surface area (Å²) in [6.45, 7) is 1.93. The van der Waals surface area contributed by atoms with E-state index in [0.717, 1.165) is 11.3 Å². The minimum Gasteiger partial charge on any atom is -0.461 e. The van der Waals surface area contributed by atoms with Crippen molar-refractivity contribution in [3.05, 3.63) is 46.2 Å². The molecule has 0 aliphatic rings. The largest absolute Gasteiger partial charge is 0.461 e. The molecule has 0 saturated carbocycles. The molecule has 0 radical (unpaired) electrons. The lowest BCUT2D eigenvalue weighted by atomic mass is 10.2. The molecule has 21 heavy (non-hydrogen) atoms. The van der Waals surface area contributed by atoms with E-state index < -0.39 is 17.7 Å². The number of anilines is 1. The summed E-state index contributed by atoms with van der Waals surface area (Å²) in [6.07, 6.45) is 0. The third kappa shape index (κ3) is 3.43. The van der Waals surface area contributed by atoms with Crippen LogP contribution in [0.25, 0.3) is 0 Å². The molecule has 0 N–H and O–H groups in total. The maximum atomic E-state index is 13.2. The summed E-state index contributed by atoms with van der Waals surface area (Å²) in [7, 11) is 1.51. The van der Waals surface area contributed by atoms with Crippen LogP contribution in [0.2, 0.25) is 0 Å². The van der Waals surface area contributed by atoms with E-state index >= 15 is 0 Å². The molecule has 110 valence electrons.